The predicted molar refractivity (Wildman–Crippen MR) is 350 cm³/mol. The van der Waals surface area contributed by atoms with Crippen molar-refractivity contribution in [2.45, 2.75) is 153 Å². The maximum absolute atomic E-state index is 14.8. The van der Waals surface area contributed by atoms with Gasteiger partial charge in [0.05, 0.1) is 43.2 Å². The van der Waals surface area contributed by atoms with Crippen LogP contribution in [-0.4, -0.2) is 130 Å². The van der Waals surface area contributed by atoms with E-state index in [1.807, 2.05) is 109 Å². The SMILES string of the molecule is CN[C@@H](C)C(=O)N[C@H](C(=O)N1CC(OCc2ccc(C#CC#Cc3ccc(CO[C@H]4C[C@@H](C(=O)Nc5snnc5-c5ccccc5)N(C(=O)[C@@H](NC(=O)[C@H](C)NC)C5CCCCC5)C4)cc3)cc2)C[C@H]1C(=O)N/C(SN)=C(/N)c1ccccc1)C1CCCCC1. The maximum atomic E-state index is 14.8. The van der Waals surface area contributed by atoms with E-state index in [-0.39, 0.29) is 85.5 Å². The molecule has 1 unspecified atom stereocenters. The minimum absolute atomic E-state index is 0.0657. The molecule has 20 nitrogen and oxygen atoms in total. The van der Waals surface area contributed by atoms with Crippen LogP contribution in [0.25, 0.3) is 17.0 Å². The van der Waals surface area contributed by atoms with Crippen LogP contribution in [0, 0.1) is 35.5 Å². The van der Waals surface area contributed by atoms with Crippen molar-refractivity contribution in [2.24, 2.45) is 22.7 Å². The van der Waals surface area contributed by atoms with Crippen molar-refractivity contribution in [2.75, 3.05) is 32.5 Å². The molecule has 2 aliphatic carbocycles. The van der Waals surface area contributed by atoms with Gasteiger partial charge in [0.2, 0.25) is 35.4 Å². The smallest absolute Gasteiger partial charge is 0.247 e. The molecular formula is C68H82N12O8S2. The number of likely N-dealkylation sites (N-methyl/N-ethyl adjacent to an activating group) is 2. The molecule has 4 aromatic carbocycles. The lowest BCUT2D eigenvalue weighted by Crippen LogP contribution is -2.58. The Morgan fingerprint density at radius 1 is 0.633 bits per heavy atom. The molecule has 5 aromatic rings. The van der Waals surface area contributed by atoms with Crippen molar-refractivity contribution in [3.05, 3.63) is 142 Å². The minimum Gasteiger partial charge on any atom is -0.396 e. The normalized spacial score (nSPS) is 20.2. The first-order valence-corrected chi connectivity index (χ1v) is 32.8. The molecule has 90 heavy (non-hydrogen) atoms. The molecule has 474 valence electrons. The molecule has 10 N–H and O–H groups in total. The number of anilines is 1. The third-order valence-electron chi connectivity index (χ3n) is 17.5. The lowest BCUT2D eigenvalue weighted by Gasteiger charge is -2.35. The number of hydrogen-bond acceptors (Lipinski definition) is 16. The summed E-state index contributed by atoms with van der Waals surface area (Å²) < 4.78 is 17.1. The molecule has 1 aromatic heterocycles. The first kappa shape index (κ1) is 66.5. The molecule has 2 saturated carbocycles. The van der Waals surface area contributed by atoms with E-state index < -0.39 is 54.4 Å². The van der Waals surface area contributed by atoms with Crippen molar-refractivity contribution < 1.29 is 38.2 Å². The third-order valence-corrected chi connectivity index (χ3v) is 18.7. The average Bonchev–Trinajstić information content (AvgIpc) is 2.98. The van der Waals surface area contributed by atoms with E-state index in [1.54, 1.807) is 37.7 Å². The third kappa shape index (κ3) is 17.5. The van der Waals surface area contributed by atoms with Gasteiger partial charge in [0.25, 0.3) is 0 Å². The van der Waals surface area contributed by atoms with Gasteiger partial charge in [0.15, 0.2) is 0 Å². The van der Waals surface area contributed by atoms with Gasteiger partial charge in [-0.25, -0.2) is 0 Å². The number of nitrogens with one attached hydrogen (secondary N) is 6. The first-order valence-electron chi connectivity index (χ1n) is 31.1. The first-order chi connectivity index (χ1) is 43.7. The maximum Gasteiger partial charge on any atom is 0.247 e. The predicted octanol–water partition coefficient (Wildman–Crippen LogP) is 6.57. The summed E-state index contributed by atoms with van der Waals surface area (Å²) in [4.78, 5) is 88.0. The molecule has 2 aliphatic heterocycles. The summed E-state index contributed by atoms with van der Waals surface area (Å²) in [5.41, 5.74) is 12.1. The molecule has 0 bridgehead atoms. The highest BCUT2D eigenvalue weighted by atomic mass is 32.2. The van der Waals surface area contributed by atoms with Crippen LogP contribution in [0.15, 0.2) is 114 Å². The monoisotopic (exact) mass is 1260 g/mol. The molecule has 22 heteroatoms. The summed E-state index contributed by atoms with van der Waals surface area (Å²) in [6.45, 7) is 4.23. The second kappa shape index (κ2) is 32.7. The van der Waals surface area contributed by atoms with Gasteiger partial charge in [-0.3, -0.25) is 33.9 Å². The summed E-state index contributed by atoms with van der Waals surface area (Å²) in [5, 5.41) is 29.1. The van der Waals surface area contributed by atoms with E-state index in [2.05, 4.69) is 65.2 Å². The van der Waals surface area contributed by atoms with Crippen molar-refractivity contribution in [3.63, 3.8) is 0 Å². The van der Waals surface area contributed by atoms with Crippen molar-refractivity contribution in [1.29, 1.82) is 0 Å². The topological polar surface area (TPSA) is 277 Å². The molecule has 6 amide bonds. The summed E-state index contributed by atoms with van der Waals surface area (Å²) in [6, 6.07) is 29.4. The standard InChI is InChI=1S/C68H82N12O8S2/c1-43(71-3)61(81)73-59(51-25-13-7-14-26-51)67(85)79-39-53(37-55(79)63(83)75-65(89-70)57(69)49-21-9-5-10-22-49)87-41-47-33-29-45(30-34-47)19-17-18-20-46-31-35-48(36-32-46)42-88-54-38-56(64(84)76-66-58(77-78-90-66)50-23-11-6-12-24-50)80(40-54)68(86)60(52-27-15-8-16-28-52)74-62(82)44(2)72-4/h5-6,9-12,21-24,29-36,43-44,51-56,59-60,71-72H,7-8,13-16,25-28,37-42,69-70H2,1-4H3,(H,73,81)(H,74,82)(H,75,83)(H,76,84)/b65-57-/t43-,44-,53?,54-,55-,56-,59-,60-/m0/s1. The number of hydrogen-bond donors (Lipinski definition) is 8. The number of rotatable bonds is 23. The zero-order valence-electron chi connectivity index (χ0n) is 51.5. The highest BCUT2D eigenvalue weighted by Gasteiger charge is 2.47. The molecule has 4 fully saturated rings. The van der Waals surface area contributed by atoms with E-state index in [9.17, 15) is 28.8 Å². The molecule has 3 heterocycles. The van der Waals surface area contributed by atoms with Gasteiger partial charge in [0, 0.05) is 59.7 Å². The van der Waals surface area contributed by atoms with Gasteiger partial charge >= 0.3 is 0 Å². The number of carbonyl (C=O) groups is 6. The second-order valence-electron chi connectivity index (χ2n) is 23.6. The van der Waals surface area contributed by atoms with E-state index in [4.69, 9.17) is 20.3 Å². The fraction of sp³-hybridized carbons (Fsp3) is 0.441. The number of amides is 6. The number of benzene rings is 4. The zero-order chi connectivity index (χ0) is 63.5. The van der Waals surface area contributed by atoms with Gasteiger partial charge < -0.3 is 56.9 Å². The number of ether oxygens (including phenoxy) is 2. The Morgan fingerprint density at radius 2 is 1.09 bits per heavy atom. The molecule has 8 atom stereocenters. The Morgan fingerprint density at radius 3 is 1.54 bits per heavy atom. The Kier molecular flexibility index (Phi) is 24.2. The molecule has 2 saturated heterocycles. The van der Waals surface area contributed by atoms with E-state index in [1.165, 1.54) is 0 Å². The summed E-state index contributed by atoms with van der Waals surface area (Å²) >= 11 is 1.88. The van der Waals surface area contributed by atoms with E-state index in [0.717, 1.165) is 116 Å². The summed E-state index contributed by atoms with van der Waals surface area (Å²) in [7, 11) is 3.40. The van der Waals surface area contributed by atoms with Crippen molar-refractivity contribution in [3.8, 4) is 34.9 Å². The summed E-state index contributed by atoms with van der Waals surface area (Å²) in [6.07, 6.45) is 8.59. The minimum atomic E-state index is -0.933. The van der Waals surface area contributed by atoms with Gasteiger partial charge in [0.1, 0.15) is 39.9 Å². The van der Waals surface area contributed by atoms with Gasteiger partial charge in [-0.2, -0.15) is 0 Å². The lowest BCUT2D eigenvalue weighted by molar-refractivity contribution is -0.143. The molecule has 0 radical (unpaired) electrons. The fourth-order valence-electron chi connectivity index (χ4n) is 12.1. The number of nitrogens with zero attached hydrogens (tertiary/aromatic N) is 4. The zero-order valence-corrected chi connectivity index (χ0v) is 53.1. The van der Waals surface area contributed by atoms with Crippen LogP contribution < -0.4 is 42.8 Å². The van der Waals surface area contributed by atoms with E-state index in [0.29, 0.717) is 22.0 Å². The van der Waals surface area contributed by atoms with E-state index >= 15 is 0 Å². The number of aromatic nitrogens is 2. The Balaban J connectivity index is 0.818. The van der Waals surface area contributed by atoms with Crippen LogP contribution in [0.3, 0.4) is 0 Å². The number of nitrogens with two attached hydrogens (primary N) is 2. The quantitative estimate of drug-likeness (QED) is 0.0254. The van der Waals surface area contributed by atoms with Gasteiger partial charge in [-0.05, 0) is 125 Å². The number of carbonyl (C=O) groups excluding carboxylic acids is 6. The van der Waals surface area contributed by atoms with Gasteiger partial charge in [-0.15, -0.1) is 5.10 Å². The number of likely N-dealkylation sites (tertiary alicyclic amines) is 2. The van der Waals surface area contributed by atoms with Crippen molar-refractivity contribution in [1.82, 2.24) is 46.0 Å². The fourth-order valence-corrected chi connectivity index (χ4v) is 13.1. The molecule has 0 spiro atoms. The van der Waals surface area contributed by atoms with Crippen LogP contribution in [0.1, 0.15) is 119 Å². The Hall–Kier alpha value is -7.93. The highest BCUT2D eigenvalue weighted by Crippen LogP contribution is 2.35. The summed E-state index contributed by atoms with van der Waals surface area (Å²) in [5.74, 6) is 9.96. The van der Waals surface area contributed by atoms with Crippen molar-refractivity contribution >= 4 is 69.6 Å². The van der Waals surface area contributed by atoms with Gasteiger partial charge in [-0.1, -0.05) is 140 Å². The Labute approximate surface area is 535 Å². The molecular weight excluding hydrogens is 1180 g/mol. The van der Waals surface area contributed by atoms with Crippen LogP contribution in [0.5, 0.6) is 0 Å². The van der Waals surface area contributed by atoms with Crippen LogP contribution in [0.4, 0.5) is 5.00 Å². The van der Waals surface area contributed by atoms with Crippen LogP contribution in [0.2, 0.25) is 0 Å². The second-order valence-corrected chi connectivity index (χ2v) is 25.0. The highest BCUT2D eigenvalue weighted by molar-refractivity contribution is 8.01. The molecule has 4 aliphatic rings. The average molecular weight is 1260 g/mol. The van der Waals surface area contributed by atoms with Crippen LogP contribution >= 0.6 is 23.5 Å². The largest absolute Gasteiger partial charge is 0.396 e. The molecule has 9 rings (SSSR count). The van der Waals surface area contributed by atoms with Crippen LogP contribution in [-0.2, 0) is 51.5 Å². The lowest BCUT2D eigenvalue weighted by atomic mass is 9.83. The Bertz CT molecular complexity index is 3430.